The number of nitrogens with two attached hydrogens (primary N) is 1. The normalized spacial score (nSPS) is 11.1. The molecule has 156 valence electrons. The minimum atomic E-state index is -0.784. The van der Waals surface area contributed by atoms with Gasteiger partial charge < -0.3 is 15.0 Å². The van der Waals surface area contributed by atoms with Gasteiger partial charge in [0.05, 0.1) is 12.3 Å². The molecule has 2 aromatic carbocycles. The molecule has 2 aromatic heterocycles. The van der Waals surface area contributed by atoms with Gasteiger partial charge in [0.15, 0.2) is 11.6 Å². The Kier molecular flexibility index (Phi) is 5.43. The van der Waals surface area contributed by atoms with Crippen molar-refractivity contribution in [2.75, 3.05) is 12.3 Å². The quantitative estimate of drug-likeness (QED) is 0.358. The first kappa shape index (κ1) is 19.8. The first-order chi connectivity index (χ1) is 15.1. The van der Waals surface area contributed by atoms with E-state index in [0.717, 1.165) is 0 Å². The summed E-state index contributed by atoms with van der Waals surface area (Å²) in [5.41, 5.74) is 6.49. The molecular weight excluding hydrogens is 400 g/mol. The SMILES string of the molecule is CCOC(=O)c1c(-c2ccccc2)nn(-c2ccccc2)c1N=Nc1c(N)[nH]oc1=O. The summed E-state index contributed by atoms with van der Waals surface area (Å²) in [7, 11) is 0. The zero-order valence-corrected chi connectivity index (χ0v) is 16.5. The average molecular weight is 418 g/mol. The Morgan fingerprint density at radius 2 is 1.81 bits per heavy atom. The van der Waals surface area contributed by atoms with Crippen molar-refractivity contribution in [2.24, 2.45) is 10.2 Å². The number of nitrogen functional groups attached to an aromatic ring is 1. The highest BCUT2D eigenvalue weighted by Gasteiger charge is 2.27. The predicted octanol–water partition coefficient (Wildman–Crippen LogP) is 3.99. The van der Waals surface area contributed by atoms with Gasteiger partial charge in [0, 0.05) is 5.56 Å². The Morgan fingerprint density at radius 3 is 2.42 bits per heavy atom. The largest absolute Gasteiger partial charge is 0.462 e. The number of nitrogens with zero attached hydrogens (tertiary/aromatic N) is 4. The lowest BCUT2D eigenvalue weighted by atomic mass is 10.1. The number of para-hydroxylation sites is 1. The van der Waals surface area contributed by atoms with E-state index in [4.69, 9.17) is 10.5 Å². The molecule has 0 aliphatic carbocycles. The van der Waals surface area contributed by atoms with Crippen molar-refractivity contribution in [1.29, 1.82) is 0 Å². The zero-order valence-electron chi connectivity index (χ0n) is 16.5. The number of anilines is 1. The monoisotopic (exact) mass is 418 g/mol. The lowest BCUT2D eigenvalue weighted by Gasteiger charge is -2.05. The predicted molar refractivity (Wildman–Crippen MR) is 113 cm³/mol. The van der Waals surface area contributed by atoms with Crippen molar-refractivity contribution < 1.29 is 14.1 Å². The van der Waals surface area contributed by atoms with Crippen molar-refractivity contribution in [3.63, 3.8) is 0 Å². The highest BCUT2D eigenvalue weighted by molar-refractivity contribution is 6.01. The van der Waals surface area contributed by atoms with Crippen LogP contribution in [0.3, 0.4) is 0 Å². The van der Waals surface area contributed by atoms with Crippen LogP contribution in [0, 0.1) is 0 Å². The molecule has 0 atom stereocenters. The second-order valence-corrected chi connectivity index (χ2v) is 6.33. The molecule has 0 bridgehead atoms. The smallest absolute Gasteiger partial charge is 0.386 e. The van der Waals surface area contributed by atoms with E-state index in [2.05, 4.69) is 25.0 Å². The van der Waals surface area contributed by atoms with Crippen LogP contribution in [0.15, 0.2) is 80.2 Å². The number of azo groups is 1. The van der Waals surface area contributed by atoms with E-state index in [1.807, 2.05) is 48.5 Å². The molecular formula is C21H18N6O4. The van der Waals surface area contributed by atoms with Crippen molar-refractivity contribution in [3.05, 3.63) is 76.6 Å². The molecule has 0 saturated carbocycles. The summed E-state index contributed by atoms with van der Waals surface area (Å²) in [6, 6.07) is 18.3. The number of carbonyl (C=O) groups is 1. The Balaban J connectivity index is 1.98. The van der Waals surface area contributed by atoms with Gasteiger partial charge in [0.1, 0.15) is 11.3 Å². The van der Waals surface area contributed by atoms with Crippen LogP contribution < -0.4 is 11.4 Å². The highest BCUT2D eigenvalue weighted by atomic mass is 16.5. The summed E-state index contributed by atoms with van der Waals surface area (Å²) in [5.74, 6) is -0.615. The summed E-state index contributed by atoms with van der Waals surface area (Å²) in [6.07, 6.45) is 0. The summed E-state index contributed by atoms with van der Waals surface area (Å²) < 4.78 is 11.3. The minimum absolute atomic E-state index is 0.0829. The maximum Gasteiger partial charge on any atom is 0.386 e. The second-order valence-electron chi connectivity index (χ2n) is 6.33. The van der Waals surface area contributed by atoms with Gasteiger partial charge in [-0.2, -0.15) is 10.3 Å². The molecule has 2 heterocycles. The summed E-state index contributed by atoms with van der Waals surface area (Å²) in [5, 5.41) is 14.9. The van der Waals surface area contributed by atoms with Crippen LogP contribution in [0.25, 0.3) is 16.9 Å². The van der Waals surface area contributed by atoms with E-state index in [-0.39, 0.29) is 29.5 Å². The van der Waals surface area contributed by atoms with Gasteiger partial charge >= 0.3 is 11.6 Å². The molecule has 10 nitrogen and oxygen atoms in total. The van der Waals surface area contributed by atoms with Crippen LogP contribution in [0.4, 0.5) is 17.3 Å². The second kappa shape index (κ2) is 8.49. The Bertz CT molecular complexity index is 1290. The van der Waals surface area contributed by atoms with Crippen molar-refractivity contribution >= 4 is 23.3 Å². The van der Waals surface area contributed by atoms with Gasteiger partial charge in [0.25, 0.3) is 0 Å². The van der Waals surface area contributed by atoms with Gasteiger partial charge in [-0.15, -0.1) is 10.2 Å². The molecule has 4 aromatic rings. The third-order valence-electron chi connectivity index (χ3n) is 4.34. The molecule has 0 aliphatic heterocycles. The maximum atomic E-state index is 12.9. The van der Waals surface area contributed by atoms with Crippen molar-refractivity contribution in [1.82, 2.24) is 14.9 Å². The number of benzene rings is 2. The van der Waals surface area contributed by atoms with Crippen LogP contribution in [0.1, 0.15) is 17.3 Å². The summed E-state index contributed by atoms with van der Waals surface area (Å²) in [6.45, 7) is 1.86. The third-order valence-corrected chi connectivity index (χ3v) is 4.34. The fraction of sp³-hybridized carbons (Fsp3) is 0.0952. The number of ether oxygens (including phenoxy) is 1. The van der Waals surface area contributed by atoms with Crippen molar-refractivity contribution in [3.8, 4) is 16.9 Å². The number of aromatic nitrogens is 3. The number of H-pyrrole nitrogens is 1. The molecule has 3 N–H and O–H groups in total. The van der Waals surface area contributed by atoms with Crippen LogP contribution in [-0.2, 0) is 4.74 Å². The molecule has 0 unspecified atom stereocenters. The van der Waals surface area contributed by atoms with Gasteiger partial charge in [0.2, 0.25) is 5.69 Å². The molecule has 0 amide bonds. The number of aromatic amines is 1. The number of rotatable bonds is 6. The number of esters is 1. The lowest BCUT2D eigenvalue weighted by molar-refractivity contribution is 0.0528. The van der Waals surface area contributed by atoms with E-state index in [9.17, 15) is 9.59 Å². The van der Waals surface area contributed by atoms with Crippen molar-refractivity contribution in [2.45, 2.75) is 6.92 Å². The zero-order chi connectivity index (χ0) is 21.8. The van der Waals surface area contributed by atoms with Gasteiger partial charge in [-0.1, -0.05) is 48.5 Å². The molecule has 0 saturated heterocycles. The molecule has 0 aliphatic rings. The molecule has 0 fully saturated rings. The maximum absolute atomic E-state index is 12.9. The fourth-order valence-electron chi connectivity index (χ4n) is 2.94. The van der Waals surface area contributed by atoms with Crippen LogP contribution in [-0.4, -0.2) is 27.5 Å². The minimum Gasteiger partial charge on any atom is -0.462 e. The number of hydrogen-bond acceptors (Lipinski definition) is 8. The standard InChI is InChI=1S/C21H18N6O4/c1-2-30-20(28)15-16(13-9-5-3-6-10-13)25-27(14-11-7-4-8-12-14)19(15)24-23-17-18(22)26-31-21(17)29/h3-12,26H,2,22H2,1H3. The van der Waals surface area contributed by atoms with Gasteiger partial charge in [-0.3, -0.25) is 0 Å². The first-order valence-electron chi connectivity index (χ1n) is 9.39. The Morgan fingerprint density at radius 1 is 1.13 bits per heavy atom. The lowest BCUT2D eigenvalue weighted by Crippen LogP contribution is -2.05. The van der Waals surface area contributed by atoms with Crippen LogP contribution >= 0.6 is 0 Å². The topological polar surface area (TPSA) is 141 Å². The number of carbonyl (C=O) groups excluding carboxylic acids is 1. The molecule has 10 heteroatoms. The van der Waals surface area contributed by atoms with E-state index in [1.165, 1.54) is 4.68 Å². The van der Waals surface area contributed by atoms with E-state index in [0.29, 0.717) is 16.9 Å². The van der Waals surface area contributed by atoms with Gasteiger partial charge in [-0.25, -0.2) is 14.3 Å². The molecule has 0 spiro atoms. The van der Waals surface area contributed by atoms with E-state index >= 15 is 0 Å². The fourth-order valence-corrected chi connectivity index (χ4v) is 2.94. The van der Waals surface area contributed by atoms with Crippen LogP contribution in [0.2, 0.25) is 0 Å². The third kappa shape index (κ3) is 3.86. The summed E-state index contributed by atoms with van der Waals surface area (Å²) >= 11 is 0. The van der Waals surface area contributed by atoms with E-state index < -0.39 is 11.6 Å². The Labute approximate surface area is 175 Å². The highest BCUT2D eigenvalue weighted by Crippen LogP contribution is 2.34. The number of nitrogens with one attached hydrogen (secondary N) is 1. The molecule has 31 heavy (non-hydrogen) atoms. The Hall–Kier alpha value is -4.47. The summed E-state index contributed by atoms with van der Waals surface area (Å²) in [4.78, 5) is 24.7. The molecule has 4 rings (SSSR count). The van der Waals surface area contributed by atoms with Gasteiger partial charge in [-0.05, 0) is 19.1 Å². The first-order valence-corrected chi connectivity index (χ1v) is 9.39. The van der Waals surface area contributed by atoms with Crippen LogP contribution in [0.5, 0.6) is 0 Å². The molecule has 0 radical (unpaired) electrons. The van der Waals surface area contributed by atoms with E-state index in [1.54, 1.807) is 19.1 Å². The number of hydrogen-bond donors (Lipinski definition) is 2. The average Bonchev–Trinajstić information content (AvgIpc) is 3.33.